The molecule has 0 aliphatic rings. The molecule has 1 N–H and O–H groups in total. The highest BCUT2D eigenvalue weighted by Gasteiger charge is 2.10. The fourth-order valence-electron chi connectivity index (χ4n) is 1.19. The molecule has 0 bridgehead atoms. The normalized spacial score (nSPS) is 11.6. The van der Waals surface area contributed by atoms with Gasteiger partial charge in [0.05, 0.1) is 11.5 Å². The molecule has 0 fully saturated rings. The molecule has 14 heavy (non-hydrogen) atoms. The van der Waals surface area contributed by atoms with Crippen molar-refractivity contribution < 1.29 is 18.1 Å². The van der Waals surface area contributed by atoms with Crippen molar-refractivity contribution in [2.75, 3.05) is 6.61 Å². The van der Waals surface area contributed by atoms with Crippen LogP contribution in [0.4, 0.5) is 0 Å². The minimum Gasteiger partial charge on any atom is -0.282 e. The first-order valence-electron chi connectivity index (χ1n) is 4.10. The molecule has 0 aromatic heterocycles. The molecule has 0 aliphatic heterocycles. The molecule has 0 saturated heterocycles. The van der Waals surface area contributed by atoms with E-state index >= 15 is 0 Å². The van der Waals surface area contributed by atoms with E-state index < -0.39 is 10.1 Å². The van der Waals surface area contributed by atoms with E-state index in [1.54, 1.807) is 13.0 Å². The molecule has 77 valence electrons. The fourth-order valence-corrected chi connectivity index (χ4v) is 1.72. The summed E-state index contributed by atoms with van der Waals surface area (Å²) >= 11 is 0. The first kappa shape index (κ1) is 11.2. The Morgan fingerprint density at radius 2 is 2.00 bits per heavy atom. The highest BCUT2D eigenvalue weighted by molar-refractivity contribution is 7.85. The third-order valence-electron chi connectivity index (χ3n) is 1.99. The van der Waals surface area contributed by atoms with Crippen molar-refractivity contribution in [3.05, 3.63) is 29.3 Å². The van der Waals surface area contributed by atoms with Gasteiger partial charge in [-0.2, -0.15) is 8.42 Å². The molecule has 1 aromatic rings. The highest BCUT2D eigenvalue weighted by Crippen LogP contribution is 2.15. The van der Waals surface area contributed by atoms with E-state index in [4.69, 9.17) is 4.55 Å². The van der Waals surface area contributed by atoms with Gasteiger partial charge >= 0.3 is 0 Å². The van der Waals surface area contributed by atoms with Gasteiger partial charge in [-0.25, -0.2) is 5.11 Å². The molecule has 1 aromatic carbocycles. The predicted molar refractivity (Wildman–Crippen MR) is 50.3 cm³/mol. The third-order valence-corrected chi connectivity index (χ3v) is 2.84. The van der Waals surface area contributed by atoms with E-state index in [1.165, 1.54) is 12.1 Å². The maximum atomic E-state index is 10.8. The lowest BCUT2D eigenvalue weighted by Crippen LogP contribution is -2.01. The summed E-state index contributed by atoms with van der Waals surface area (Å²) in [7, 11) is -4.16. The molecule has 0 amide bonds. The van der Waals surface area contributed by atoms with Crippen molar-refractivity contribution >= 4 is 10.1 Å². The largest absolute Gasteiger partial charge is 0.294 e. The quantitative estimate of drug-likeness (QED) is 0.770. The van der Waals surface area contributed by atoms with E-state index in [0.29, 0.717) is 5.56 Å². The molecule has 0 aliphatic carbocycles. The molecule has 1 rings (SSSR count). The Labute approximate surface area is 82.9 Å². The molecule has 1 radical (unpaired) electrons. The van der Waals surface area contributed by atoms with Crippen LogP contribution in [0, 0.1) is 6.92 Å². The van der Waals surface area contributed by atoms with Gasteiger partial charge in [-0.3, -0.25) is 4.55 Å². The van der Waals surface area contributed by atoms with Gasteiger partial charge in [0.1, 0.15) is 0 Å². The van der Waals surface area contributed by atoms with E-state index in [1.807, 2.05) is 0 Å². The van der Waals surface area contributed by atoms with Gasteiger partial charge in [-0.15, -0.1) is 0 Å². The molecule has 0 spiro atoms. The maximum absolute atomic E-state index is 10.8. The molecular formula is C9H11O4S. The molecule has 5 heteroatoms. The van der Waals surface area contributed by atoms with E-state index in [9.17, 15) is 13.5 Å². The average Bonchev–Trinajstić information content (AvgIpc) is 2.07. The van der Waals surface area contributed by atoms with Gasteiger partial charge in [0, 0.05) is 0 Å². The zero-order valence-electron chi connectivity index (χ0n) is 7.73. The summed E-state index contributed by atoms with van der Waals surface area (Å²) in [6.45, 7) is 1.49. The van der Waals surface area contributed by atoms with Crippen LogP contribution in [0.5, 0.6) is 0 Å². The molecule has 0 atom stereocenters. The third kappa shape index (κ3) is 2.54. The van der Waals surface area contributed by atoms with Crippen molar-refractivity contribution in [3.63, 3.8) is 0 Å². The van der Waals surface area contributed by atoms with Crippen LogP contribution in [-0.2, 0) is 21.6 Å². The zero-order valence-corrected chi connectivity index (χ0v) is 8.54. The summed E-state index contributed by atoms with van der Waals surface area (Å²) < 4.78 is 30.3. The van der Waals surface area contributed by atoms with Gasteiger partial charge in [-0.1, -0.05) is 6.07 Å². The van der Waals surface area contributed by atoms with Gasteiger partial charge in [-0.05, 0) is 36.6 Å². The molecule has 0 heterocycles. The van der Waals surface area contributed by atoms with Crippen LogP contribution in [0.2, 0.25) is 0 Å². The standard InChI is InChI=1S/C9H11O4S/c1-7-2-3-9(14(11,12)13)6-8(7)4-5-10/h2-3,6H,4-5H2,1H3,(H,11,12,13). The molecular weight excluding hydrogens is 204 g/mol. The topological polar surface area (TPSA) is 74.3 Å². The number of rotatable bonds is 3. The van der Waals surface area contributed by atoms with Crippen molar-refractivity contribution in [2.24, 2.45) is 0 Å². The van der Waals surface area contributed by atoms with Crippen LogP contribution in [0.15, 0.2) is 23.1 Å². The van der Waals surface area contributed by atoms with Crippen LogP contribution in [0.25, 0.3) is 0 Å². The minimum atomic E-state index is -4.16. The summed E-state index contributed by atoms with van der Waals surface area (Å²) in [6.07, 6.45) is 0.273. The highest BCUT2D eigenvalue weighted by atomic mass is 32.2. The maximum Gasteiger partial charge on any atom is 0.294 e. The number of hydrogen-bond donors (Lipinski definition) is 1. The van der Waals surface area contributed by atoms with E-state index in [-0.39, 0.29) is 17.9 Å². The second-order valence-corrected chi connectivity index (χ2v) is 4.44. The minimum absolute atomic E-state index is 0.161. The Morgan fingerprint density at radius 3 is 2.50 bits per heavy atom. The lowest BCUT2D eigenvalue weighted by molar-refractivity contribution is 0.197. The zero-order chi connectivity index (χ0) is 10.8. The second kappa shape index (κ2) is 4.08. The fraction of sp³-hybridized carbons (Fsp3) is 0.333. The van der Waals surface area contributed by atoms with Crippen LogP contribution in [-0.4, -0.2) is 19.6 Å². The van der Waals surface area contributed by atoms with Gasteiger partial charge in [0.2, 0.25) is 0 Å². The summed E-state index contributed by atoms with van der Waals surface area (Å²) in [5.74, 6) is 0. The summed E-state index contributed by atoms with van der Waals surface area (Å²) in [6, 6.07) is 4.23. The summed E-state index contributed by atoms with van der Waals surface area (Å²) in [5.41, 5.74) is 1.52. The van der Waals surface area contributed by atoms with Crippen LogP contribution < -0.4 is 0 Å². The average molecular weight is 215 g/mol. The number of aryl methyl sites for hydroxylation is 1. The van der Waals surface area contributed by atoms with Gasteiger partial charge < -0.3 is 0 Å². The first-order chi connectivity index (χ1) is 6.45. The van der Waals surface area contributed by atoms with Crippen molar-refractivity contribution in [1.82, 2.24) is 0 Å². The Balaban J connectivity index is 3.20. The Kier molecular flexibility index (Phi) is 3.25. The van der Waals surface area contributed by atoms with E-state index in [2.05, 4.69) is 0 Å². The lowest BCUT2D eigenvalue weighted by atomic mass is 10.1. The smallest absolute Gasteiger partial charge is 0.282 e. The van der Waals surface area contributed by atoms with Gasteiger partial charge in [0.25, 0.3) is 10.1 Å². The lowest BCUT2D eigenvalue weighted by Gasteiger charge is -2.05. The molecule has 4 nitrogen and oxygen atoms in total. The van der Waals surface area contributed by atoms with E-state index in [0.717, 1.165) is 5.56 Å². The van der Waals surface area contributed by atoms with Gasteiger partial charge in [0.15, 0.2) is 0 Å². The summed E-state index contributed by atoms with van der Waals surface area (Å²) in [4.78, 5) is -0.161. The Morgan fingerprint density at radius 1 is 1.36 bits per heavy atom. The van der Waals surface area contributed by atoms with Crippen molar-refractivity contribution in [1.29, 1.82) is 0 Å². The summed E-state index contributed by atoms with van der Waals surface area (Å²) in [5, 5.41) is 10.4. The van der Waals surface area contributed by atoms with Crippen LogP contribution >= 0.6 is 0 Å². The molecule has 0 unspecified atom stereocenters. The van der Waals surface area contributed by atoms with Crippen molar-refractivity contribution in [3.8, 4) is 0 Å². The number of hydrogen-bond acceptors (Lipinski definition) is 2. The van der Waals surface area contributed by atoms with Crippen molar-refractivity contribution in [2.45, 2.75) is 18.2 Å². The van der Waals surface area contributed by atoms with Crippen LogP contribution in [0.3, 0.4) is 0 Å². The second-order valence-electron chi connectivity index (χ2n) is 3.02. The predicted octanol–water partition coefficient (Wildman–Crippen LogP) is 1.21. The molecule has 0 saturated carbocycles. The number of benzene rings is 1. The first-order valence-corrected chi connectivity index (χ1v) is 5.54. The Hall–Kier alpha value is -0.910. The SMILES string of the molecule is Cc1ccc(S(=O)(=O)O)cc1CC[O]. The Bertz CT molecular complexity index is 422. The van der Waals surface area contributed by atoms with Crippen LogP contribution in [0.1, 0.15) is 11.1 Å². The monoisotopic (exact) mass is 215 g/mol.